The SMILES string of the molecule is COc1ccc(Br)c(C(N)Cc2ccccc2Cl)c1. The van der Waals surface area contributed by atoms with E-state index in [1.54, 1.807) is 7.11 Å². The van der Waals surface area contributed by atoms with Gasteiger partial charge in [0.15, 0.2) is 0 Å². The molecule has 2 aromatic carbocycles. The standard InChI is InChI=1S/C15H15BrClNO/c1-19-11-6-7-13(16)12(9-11)15(18)8-10-4-2-3-5-14(10)17/h2-7,9,15H,8,18H2,1H3. The summed E-state index contributed by atoms with van der Waals surface area (Å²) in [6.45, 7) is 0. The molecule has 100 valence electrons. The Hall–Kier alpha value is -1.03. The van der Waals surface area contributed by atoms with Crippen LogP contribution in [0.3, 0.4) is 0 Å². The minimum atomic E-state index is -0.135. The molecule has 0 aliphatic rings. The van der Waals surface area contributed by atoms with Crippen LogP contribution in [0.4, 0.5) is 0 Å². The highest BCUT2D eigenvalue weighted by atomic mass is 79.9. The van der Waals surface area contributed by atoms with Crippen molar-refractivity contribution >= 4 is 27.5 Å². The van der Waals surface area contributed by atoms with Crippen molar-refractivity contribution in [3.63, 3.8) is 0 Å². The Bertz CT molecular complexity index is 574. The average Bonchev–Trinajstić information content (AvgIpc) is 2.42. The molecule has 0 aromatic heterocycles. The molecule has 19 heavy (non-hydrogen) atoms. The van der Waals surface area contributed by atoms with Gasteiger partial charge in [-0.2, -0.15) is 0 Å². The zero-order valence-corrected chi connectivity index (χ0v) is 12.9. The van der Waals surface area contributed by atoms with Gasteiger partial charge in [-0.1, -0.05) is 45.7 Å². The first-order valence-electron chi connectivity index (χ1n) is 5.94. The minimum absolute atomic E-state index is 0.135. The van der Waals surface area contributed by atoms with E-state index >= 15 is 0 Å². The first-order valence-corrected chi connectivity index (χ1v) is 7.11. The Morgan fingerprint density at radius 2 is 2.00 bits per heavy atom. The number of methoxy groups -OCH3 is 1. The van der Waals surface area contributed by atoms with Crippen molar-refractivity contribution in [1.82, 2.24) is 0 Å². The summed E-state index contributed by atoms with van der Waals surface area (Å²) in [6, 6.07) is 13.4. The second-order valence-electron chi connectivity index (χ2n) is 4.29. The molecule has 0 heterocycles. The van der Waals surface area contributed by atoms with Crippen LogP contribution in [-0.4, -0.2) is 7.11 Å². The zero-order valence-electron chi connectivity index (χ0n) is 10.6. The van der Waals surface area contributed by atoms with Gasteiger partial charge in [-0.15, -0.1) is 0 Å². The minimum Gasteiger partial charge on any atom is -0.497 e. The molecule has 0 saturated carbocycles. The fourth-order valence-electron chi connectivity index (χ4n) is 1.94. The second-order valence-corrected chi connectivity index (χ2v) is 5.55. The van der Waals surface area contributed by atoms with Crippen molar-refractivity contribution < 1.29 is 4.74 Å². The number of hydrogen-bond acceptors (Lipinski definition) is 2. The monoisotopic (exact) mass is 339 g/mol. The van der Waals surface area contributed by atoms with Gasteiger partial charge in [-0.3, -0.25) is 0 Å². The highest BCUT2D eigenvalue weighted by Crippen LogP contribution is 2.29. The lowest BCUT2D eigenvalue weighted by atomic mass is 9.99. The van der Waals surface area contributed by atoms with Gasteiger partial charge in [0.1, 0.15) is 5.75 Å². The third-order valence-electron chi connectivity index (χ3n) is 3.00. The number of rotatable bonds is 4. The van der Waals surface area contributed by atoms with Crippen LogP contribution in [-0.2, 0) is 6.42 Å². The predicted molar refractivity (Wildman–Crippen MR) is 82.8 cm³/mol. The average molecular weight is 341 g/mol. The van der Waals surface area contributed by atoms with Crippen LogP contribution in [0.25, 0.3) is 0 Å². The molecule has 0 radical (unpaired) electrons. The summed E-state index contributed by atoms with van der Waals surface area (Å²) in [5, 5.41) is 0.747. The molecule has 0 aliphatic heterocycles. The van der Waals surface area contributed by atoms with Gasteiger partial charge in [0, 0.05) is 15.5 Å². The summed E-state index contributed by atoms with van der Waals surface area (Å²) in [7, 11) is 1.65. The quantitative estimate of drug-likeness (QED) is 0.898. The predicted octanol–water partition coefficient (Wildman–Crippen LogP) is 4.35. The third-order valence-corrected chi connectivity index (χ3v) is 4.09. The molecule has 2 aromatic rings. The Balaban J connectivity index is 2.25. The van der Waals surface area contributed by atoms with Gasteiger partial charge in [0.2, 0.25) is 0 Å². The Morgan fingerprint density at radius 1 is 1.26 bits per heavy atom. The topological polar surface area (TPSA) is 35.2 Å². The van der Waals surface area contributed by atoms with Crippen LogP contribution in [0.2, 0.25) is 5.02 Å². The van der Waals surface area contributed by atoms with E-state index in [4.69, 9.17) is 22.1 Å². The van der Waals surface area contributed by atoms with E-state index in [0.29, 0.717) is 6.42 Å². The first kappa shape index (κ1) is 14.4. The maximum absolute atomic E-state index is 6.28. The summed E-state index contributed by atoms with van der Waals surface area (Å²) < 4.78 is 6.21. The maximum Gasteiger partial charge on any atom is 0.119 e. The Morgan fingerprint density at radius 3 is 2.68 bits per heavy atom. The summed E-state index contributed by atoms with van der Waals surface area (Å²) in [5.41, 5.74) is 8.34. The lowest BCUT2D eigenvalue weighted by Gasteiger charge is -2.16. The molecule has 2 rings (SSSR count). The van der Waals surface area contributed by atoms with Gasteiger partial charge in [0.05, 0.1) is 7.11 Å². The molecular weight excluding hydrogens is 326 g/mol. The maximum atomic E-state index is 6.28. The van der Waals surface area contributed by atoms with E-state index in [9.17, 15) is 0 Å². The van der Waals surface area contributed by atoms with Gasteiger partial charge < -0.3 is 10.5 Å². The highest BCUT2D eigenvalue weighted by Gasteiger charge is 2.13. The summed E-state index contributed by atoms with van der Waals surface area (Å²) >= 11 is 9.69. The summed E-state index contributed by atoms with van der Waals surface area (Å²) in [6.07, 6.45) is 0.686. The van der Waals surface area contributed by atoms with Gasteiger partial charge in [-0.05, 0) is 41.8 Å². The van der Waals surface area contributed by atoms with E-state index in [1.165, 1.54) is 0 Å². The molecule has 0 spiro atoms. The largest absolute Gasteiger partial charge is 0.497 e. The zero-order chi connectivity index (χ0) is 13.8. The van der Waals surface area contributed by atoms with E-state index in [-0.39, 0.29) is 6.04 Å². The second kappa shape index (κ2) is 6.42. The lowest BCUT2D eigenvalue weighted by Crippen LogP contribution is -2.14. The lowest BCUT2D eigenvalue weighted by molar-refractivity contribution is 0.413. The molecule has 0 fully saturated rings. The van der Waals surface area contributed by atoms with Crippen LogP contribution in [0.5, 0.6) is 5.75 Å². The molecule has 1 unspecified atom stereocenters. The number of ether oxygens (including phenoxy) is 1. The van der Waals surface area contributed by atoms with Crippen molar-refractivity contribution in [1.29, 1.82) is 0 Å². The molecular formula is C15H15BrClNO. The van der Waals surface area contributed by atoms with Crippen molar-refractivity contribution in [3.8, 4) is 5.75 Å². The fraction of sp³-hybridized carbons (Fsp3) is 0.200. The van der Waals surface area contributed by atoms with Crippen LogP contribution in [0.1, 0.15) is 17.2 Å². The van der Waals surface area contributed by atoms with Crippen LogP contribution in [0.15, 0.2) is 46.9 Å². The van der Waals surface area contributed by atoms with E-state index in [1.807, 2.05) is 42.5 Å². The number of benzene rings is 2. The van der Waals surface area contributed by atoms with Gasteiger partial charge >= 0.3 is 0 Å². The third kappa shape index (κ3) is 3.50. The van der Waals surface area contributed by atoms with E-state index in [2.05, 4.69) is 15.9 Å². The van der Waals surface area contributed by atoms with Crippen LogP contribution >= 0.6 is 27.5 Å². The number of halogens is 2. The summed E-state index contributed by atoms with van der Waals surface area (Å²) in [5.74, 6) is 0.799. The van der Waals surface area contributed by atoms with Gasteiger partial charge in [0.25, 0.3) is 0 Å². The fourth-order valence-corrected chi connectivity index (χ4v) is 2.70. The van der Waals surface area contributed by atoms with Crippen LogP contribution in [0, 0.1) is 0 Å². The molecule has 2 N–H and O–H groups in total. The van der Waals surface area contributed by atoms with E-state index < -0.39 is 0 Å². The molecule has 0 bridgehead atoms. The van der Waals surface area contributed by atoms with Crippen molar-refractivity contribution in [3.05, 3.63) is 63.1 Å². The van der Waals surface area contributed by atoms with E-state index in [0.717, 1.165) is 26.4 Å². The molecule has 0 aliphatic carbocycles. The molecule has 0 amide bonds. The smallest absolute Gasteiger partial charge is 0.119 e. The van der Waals surface area contributed by atoms with Gasteiger partial charge in [-0.25, -0.2) is 0 Å². The molecule has 1 atom stereocenters. The van der Waals surface area contributed by atoms with Crippen LogP contribution < -0.4 is 10.5 Å². The Kier molecular flexibility index (Phi) is 4.86. The van der Waals surface area contributed by atoms with Crippen molar-refractivity contribution in [2.45, 2.75) is 12.5 Å². The summed E-state index contributed by atoms with van der Waals surface area (Å²) in [4.78, 5) is 0. The molecule has 0 saturated heterocycles. The first-order chi connectivity index (χ1) is 9.11. The molecule has 4 heteroatoms. The Labute approximate surface area is 126 Å². The number of hydrogen-bond donors (Lipinski definition) is 1. The molecule has 2 nitrogen and oxygen atoms in total. The van der Waals surface area contributed by atoms with Crippen molar-refractivity contribution in [2.75, 3.05) is 7.11 Å². The normalized spacial score (nSPS) is 12.2. The highest BCUT2D eigenvalue weighted by molar-refractivity contribution is 9.10. The van der Waals surface area contributed by atoms with Crippen molar-refractivity contribution in [2.24, 2.45) is 5.73 Å². The number of nitrogens with two attached hydrogens (primary N) is 1.